The van der Waals surface area contributed by atoms with E-state index in [0.717, 1.165) is 43.2 Å². The molecule has 0 saturated heterocycles. The lowest BCUT2D eigenvalue weighted by Crippen LogP contribution is -2.31. The molecule has 0 radical (unpaired) electrons. The van der Waals surface area contributed by atoms with Gasteiger partial charge in [0.15, 0.2) is 0 Å². The van der Waals surface area contributed by atoms with Gasteiger partial charge in [-0.2, -0.15) is 0 Å². The van der Waals surface area contributed by atoms with Gasteiger partial charge in [0.1, 0.15) is 0 Å². The maximum atomic E-state index is 13.8. The van der Waals surface area contributed by atoms with Gasteiger partial charge in [0, 0.05) is 29.9 Å². The molecule has 1 amide bonds. The Morgan fingerprint density at radius 3 is 2.76 bits per heavy atom. The van der Waals surface area contributed by atoms with E-state index >= 15 is 0 Å². The van der Waals surface area contributed by atoms with E-state index in [1.807, 2.05) is 31.2 Å². The van der Waals surface area contributed by atoms with E-state index in [-0.39, 0.29) is 16.8 Å². The quantitative estimate of drug-likeness (QED) is 0.316. The molecule has 8 heteroatoms. The van der Waals surface area contributed by atoms with Crippen molar-refractivity contribution in [3.8, 4) is 11.3 Å². The average Bonchev–Trinajstić information content (AvgIpc) is 2.93. The number of sulfonamides is 1. The highest BCUT2D eigenvalue weighted by molar-refractivity contribution is 7.89. The molecule has 1 atom stereocenters. The molecule has 2 aromatic heterocycles. The van der Waals surface area contributed by atoms with Crippen LogP contribution in [-0.2, 0) is 16.4 Å². The van der Waals surface area contributed by atoms with E-state index in [4.69, 9.17) is 4.98 Å². The van der Waals surface area contributed by atoms with Gasteiger partial charge in [-0.1, -0.05) is 37.6 Å². The number of benzene rings is 2. The number of rotatable bonds is 8. The predicted molar refractivity (Wildman–Crippen MR) is 145 cm³/mol. The van der Waals surface area contributed by atoms with Crippen LogP contribution in [0.3, 0.4) is 0 Å². The summed E-state index contributed by atoms with van der Waals surface area (Å²) in [5.74, 6) is -0.257. The summed E-state index contributed by atoms with van der Waals surface area (Å²) >= 11 is 0. The Morgan fingerprint density at radius 1 is 1.08 bits per heavy atom. The Morgan fingerprint density at radius 2 is 1.95 bits per heavy atom. The first kappa shape index (κ1) is 25.0. The van der Waals surface area contributed by atoms with Crippen molar-refractivity contribution in [3.63, 3.8) is 0 Å². The number of pyridine rings is 2. The van der Waals surface area contributed by atoms with Gasteiger partial charge in [0.2, 0.25) is 10.0 Å². The van der Waals surface area contributed by atoms with Crippen molar-refractivity contribution in [1.82, 2.24) is 20.0 Å². The van der Waals surface area contributed by atoms with Gasteiger partial charge in [-0.05, 0) is 73.2 Å². The van der Waals surface area contributed by atoms with Crippen LogP contribution in [0.25, 0.3) is 22.2 Å². The van der Waals surface area contributed by atoms with Gasteiger partial charge in [-0.15, -0.1) is 0 Å². The molecule has 0 aliphatic heterocycles. The molecule has 7 nitrogen and oxygen atoms in total. The third kappa shape index (κ3) is 5.40. The minimum absolute atomic E-state index is 0.106. The summed E-state index contributed by atoms with van der Waals surface area (Å²) in [6, 6.07) is 18.3. The van der Waals surface area contributed by atoms with Crippen LogP contribution in [0.4, 0.5) is 0 Å². The van der Waals surface area contributed by atoms with Crippen molar-refractivity contribution in [3.05, 3.63) is 89.7 Å². The van der Waals surface area contributed by atoms with Crippen LogP contribution in [0.5, 0.6) is 0 Å². The highest BCUT2D eigenvalue weighted by Gasteiger charge is 2.24. The fraction of sp³-hybridized carbons (Fsp3) is 0.276. The maximum Gasteiger partial charge on any atom is 0.252 e. The lowest BCUT2D eigenvalue weighted by Gasteiger charge is -2.26. The largest absolute Gasteiger partial charge is 0.345 e. The normalized spacial score (nSPS) is 15.3. The first-order chi connectivity index (χ1) is 18.0. The minimum atomic E-state index is -3.72. The number of fused-ring (bicyclic) bond motifs is 2. The van der Waals surface area contributed by atoms with Crippen LogP contribution >= 0.6 is 0 Å². The van der Waals surface area contributed by atoms with E-state index in [1.165, 1.54) is 11.6 Å². The van der Waals surface area contributed by atoms with E-state index in [9.17, 15) is 13.2 Å². The zero-order valence-electron chi connectivity index (χ0n) is 20.8. The number of nitrogens with one attached hydrogen (secondary N) is 2. The Bertz CT molecular complexity index is 1540. The molecule has 1 aliphatic rings. The lowest BCUT2D eigenvalue weighted by atomic mass is 9.87. The zero-order valence-corrected chi connectivity index (χ0v) is 21.6. The maximum absolute atomic E-state index is 13.8. The smallest absolute Gasteiger partial charge is 0.252 e. The standard InChI is InChI=1S/C29H30N4O3S/c1-2-3-16-31-37(35,36)22-13-14-27-24(17-22)25(18-28(32-27)21-10-7-15-30-19-21)29(34)33-26-12-6-9-20-8-4-5-11-23(20)26/h4-5,7-8,10-11,13-15,17-19,26,31H,2-3,6,9,12,16H2,1H3,(H,33,34)/t26-/m1/s1. The molecule has 0 fully saturated rings. The van der Waals surface area contributed by atoms with Crippen LogP contribution in [0.1, 0.15) is 60.1 Å². The Labute approximate surface area is 217 Å². The van der Waals surface area contributed by atoms with Crippen molar-refractivity contribution in [1.29, 1.82) is 0 Å². The third-order valence-corrected chi connectivity index (χ3v) is 8.25. The van der Waals surface area contributed by atoms with Crippen molar-refractivity contribution in [2.24, 2.45) is 0 Å². The first-order valence-corrected chi connectivity index (χ1v) is 14.2. The summed E-state index contributed by atoms with van der Waals surface area (Å²) in [6.45, 7) is 2.37. The Kier molecular flexibility index (Phi) is 7.30. The second-order valence-electron chi connectivity index (χ2n) is 9.34. The summed E-state index contributed by atoms with van der Waals surface area (Å²) in [5, 5.41) is 3.71. The SMILES string of the molecule is CCCCNS(=O)(=O)c1ccc2nc(-c3cccnc3)cc(C(=O)N[C@@H]3CCCc4ccccc43)c2c1. The minimum Gasteiger partial charge on any atom is -0.345 e. The number of amides is 1. The molecule has 0 bridgehead atoms. The number of carbonyl (C=O) groups excluding carboxylic acids is 1. The second kappa shape index (κ2) is 10.8. The molecule has 0 spiro atoms. The topological polar surface area (TPSA) is 101 Å². The average molecular weight is 515 g/mol. The molecule has 2 heterocycles. The van der Waals surface area contributed by atoms with E-state index < -0.39 is 10.0 Å². The van der Waals surface area contributed by atoms with E-state index in [2.05, 4.69) is 27.2 Å². The van der Waals surface area contributed by atoms with Gasteiger partial charge in [0.05, 0.1) is 27.7 Å². The van der Waals surface area contributed by atoms with Crippen molar-refractivity contribution in [2.45, 2.75) is 50.0 Å². The summed E-state index contributed by atoms with van der Waals surface area (Å²) in [4.78, 5) is 22.8. The van der Waals surface area contributed by atoms with Crippen LogP contribution in [0.2, 0.25) is 0 Å². The Hall–Kier alpha value is -3.62. The second-order valence-corrected chi connectivity index (χ2v) is 11.1. The fourth-order valence-electron chi connectivity index (χ4n) is 4.83. The highest BCUT2D eigenvalue weighted by atomic mass is 32.2. The van der Waals surface area contributed by atoms with Gasteiger partial charge >= 0.3 is 0 Å². The molecule has 0 unspecified atom stereocenters. The van der Waals surface area contributed by atoms with E-state index in [0.29, 0.717) is 28.7 Å². The summed E-state index contributed by atoms with van der Waals surface area (Å²) in [5.41, 5.74) is 4.70. The zero-order chi connectivity index (χ0) is 25.8. The van der Waals surface area contributed by atoms with Crippen molar-refractivity contribution in [2.75, 3.05) is 6.54 Å². The number of hydrogen-bond acceptors (Lipinski definition) is 5. The molecule has 1 aliphatic carbocycles. The number of nitrogens with zero attached hydrogens (tertiary/aromatic N) is 2. The molecule has 0 saturated carbocycles. The molecular weight excluding hydrogens is 484 g/mol. The summed E-state index contributed by atoms with van der Waals surface area (Å²) in [6.07, 6.45) is 7.85. The van der Waals surface area contributed by atoms with Crippen LogP contribution in [-0.4, -0.2) is 30.8 Å². The van der Waals surface area contributed by atoms with Crippen molar-refractivity contribution < 1.29 is 13.2 Å². The van der Waals surface area contributed by atoms with E-state index in [1.54, 1.807) is 30.6 Å². The summed E-state index contributed by atoms with van der Waals surface area (Å²) < 4.78 is 28.5. The van der Waals surface area contributed by atoms with Gasteiger partial charge in [-0.25, -0.2) is 18.1 Å². The van der Waals surface area contributed by atoms with Crippen molar-refractivity contribution >= 4 is 26.8 Å². The molecule has 37 heavy (non-hydrogen) atoms. The van der Waals surface area contributed by atoms with Gasteiger partial charge < -0.3 is 5.32 Å². The van der Waals surface area contributed by atoms with Crippen LogP contribution < -0.4 is 10.0 Å². The van der Waals surface area contributed by atoms with Gasteiger partial charge in [-0.3, -0.25) is 9.78 Å². The molecule has 4 aromatic rings. The number of aryl methyl sites for hydroxylation is 1. The lowest BCUT2D eigenvalue weighted by molar-refractivity contribution is 0.0934. The molecule has 2 aromatic carbocycles. The molecular formula is C29H30N4O3S. The predicted octanol–water partition coefficient (Wildman–Crippen LogP) is 5.18. The highest BCUT2D eigenvalue weighted by Crippen LogP contribution is 2.31. The molecule has 190 valence electrons. The number of aromatic nitrogens is 2. The number of carbonyl (C=O) groups is 1. The van der Waals surface area contributed by atoms with Gasteiger partial charge in [0.25, 0.3) is 5.91 Å². The Balaban J connectivity index is 1.57. The number of unbranched alkanes of at least 4 members (excludes halogenated alkanes) is 1. The number of hydrogen-bond donors (Lipinski definition) is 2. The van der Waals surface area contributed by atoms with Crippen LogP contribution in [0, 0.1) is 0 Å². The molecule has 2 N–H and O–H groups in total. The molecule has 5 rings (SSSR count). The third-order valence-electron chi connectivity index (χ3n) is 6.79. The first-order valence-electron chi connectivity index (χ1n) is 12.7. The fourth-order valence-corrected chi connectivity index (χ4v) is 5.93. The summed E-state index contributed by atoms with van der Waals surface area (Å²) in [7, 11) is -3.72. The van der Waals surface area contributed by atoms with Crippen LogP contribution in [0.15, 0.2) is 78.0 Å². The monoisotopic (exact) mass is 514 g/mol.